The van der Waals surface area contributed by atoms with Crippen LogP contribution in [0.1, 0.15) is 12.0 Å². The number of likely N-dealkylation sites (N-methyl/N-ethyl adjacent to an activating group) is 1. The van der Waals surface area contributed by atoms with Crippen molar-refractivity contribution in [3.8, 4) is 11.5 Å². The van der Waals surface area contributed by atoms with E-state index in [0.29, 0.717) is 36.3 Å². The lowest BCUT2D eigenvalue weighted by Gasteiger charge is -2.18. The van der Waals surface area contributed by atoms with Crippen LogP contribution in [0.15, 0.2) is 41.3 Å². The fourth-order valence-corrected chi connectivity index (χ4v) is 3.77. The van der Waals surface area contributed by atoms with E-state index in [-0.39, 0.29) is 12.5 Å². The van der Waals surface area contributed by atoms with Gasteiger partial charge in [-0.05, 0) is 43.1 Å². The van der Waals surface area contributed by atoms with E-state index in [4.69, 9.17) is 21.1 Å². The maximum atomic E-state index is 12.4. The summed E-state index contributed by atoms with van der Waals surface area (Å²) in [6, 6.07) is 11.6. The molecule has 27 heavy (non-hydrogen) atoms. The third-order valence-electron chi connectivity index (χ3n) is 4.11. The van der Waals surface area contributed by atoms with Crippen LogP contribution in [-0.4, -0.2) is 43.9 Å². The Balaban J connectivity index is 1.62. The second-order valence-electron chi connectivity index (χ2n) is 6.38. The SMILES string of the molecule is CSc1ccccc1NC(=O)CN(C)Cc1cc(Cl)c2c(c1)OCCCO2. The summed E-state index contributed by atoms with van der Waals surface area (Å²) < 4.78 is 11.4. The van der Waals surface area contributed by atoms with E-state index in [9.17, 15) is 4.79 Å². The molecule has 0 aromatic heterocycles. The number of halogens is 1. The Bertz CT molecular complexity index is 816. The predicted octanol–water partition coefficient (Wildman–Crippen LogP) is 4.29. The van der Waals surface area contributed by atoms with Crippen molar-refractivity contribution in [2.75, 3.05) is 38.4 Å². The second kappa shape index (κ2) is 9.35. The summed E-state index contributed by atoms with van der Waals surface area (Å²) in [5.41, 5.74) is 1.81. The van der Waals surface area contributed by atoms with Crippen LogP contribution in [0.2, 0.25) is 5.02 Å². The summed E-state index contributed by atoms with van der Waals surface area (Å²) in [5, 5.41) is 3.51. The van der Waals surface area contributed by atoms with Gasteiger partial charge in [0.2, 0.25) is 5.91 Å². The number of nitrogens with zero attached hydrogens (tertiary/aromatic N) is 1. The van der Waals surface area contributed by atoms with Crippen molar-refractivity contribution in [3.05, 3.63) is 47.0 Å². The highest BCUT2D eigenvalue weighted by atomic mass is 35.5. The number of amides is 1. The highest BCUT2D eigenvalue weighted by Crippen LogP contribution is 2.38. The molecule has 7 heteroatoms. The second-order valence-corrected chi connectivity index (χ2v) is 7.63. The quantitative estimate of drug-likeness (QED) is 0.725. The third-order valence-corrected chi connectivity index (χ3v) is 5.19. The molecule has 0 atom stereocenters. The number of hydrogen-bond donors (Lipinski definition) is 1. The summed E-state index contributed by atoms with van der Waals surface area (Å²) in [5.74, 6) is 1.22. The molecule has 3 rings (SSSR count). The number of fused-ring (bicyclic) bond motifs is 1. The van der Waals surface area contributed by atoms with Gasteiger partial charge in [0.1, 0.15) is 0 Å². The highest BCUT2D eigenvalue weighted by molar-refractivity contribution is 7.98. The summed E-state index contributed by atoms with van der Waals surface area (Å²) in [4.78, 5) is 15.4. The first-order valence-corrected chi connectivity index (χ1v) is 10.4. The summed E-state index contributed by atoms with van der Waals surface area (Å²) in [6.45, 7) is 2.06. The van der Waals surface area contributed by atoms with Crippen molar-refractivity contribution < 1.29 is 14.3 Å². The zero-order valence-electron chi connectivity index (χ0n) is 15.5. The number of anilines is 1. The van der Waals surface area contributed by atoms with Crippen molar-refractivity contribution >= 4 is 35.0 Å². The zero-order valence-corrected chi connectivity index (χ0v) is 17.0. The van der Waals surface area contributed by atoms with E-state index >= 15 is 0 Å². The van der Waals surface area contributed by atoms with Gasteiger partial charge in [-0.15, -0.1) is 11.8 Å². The molecular formula is C20H23ClN2O3S. The maximum Gasteiger partial charge on any atom is 0.238 e. The van der Waals surface area contributed by atoms with Gasteiger partial charge >= 0.3 is 0 Å². The first-order valence-electron chi connectivity index (χ1n) is 8.76. The first kappa shape index (κ1) is 19.9. The molecule has 0 unspecified atom stereocenters. The third kappa shape index (κ3) is 5.31. The van der Waals surface area contributed by atoms with Gasteiger partial charge in [0.05, 0.1) is 30.5 Å². The fourth-order valence-electron chi connectivity index (χ4n) is 2.93. The van der Waals surface area contributed by atoms with E-state index in [0.717, 1.165) is 22.6 Å². The van der Waals surface area contributed by atoms with Crippen LogP contribution in [0.3, 0.4) is 0 Å². The molecule has 0 aliphatic carbocycles. The molecule has 0 saturated carbocycles. The molecule has 1 aliphatic rings. The maximum absolute atomic E-state index is 12.4. The van der Waals surface area contributed by atoms with Gasteiger partial charge in [-0.2, -0.15) is 0 Å². The molecule has 0 spiro atoms. The van der Waals surface area contributed by atoms with Crippen molar-refractivity contribution in [2.24, 2.45) is 0 Å². The number of carbonyl (C=O) groups is 1. The van der Waals surface area contributed by atoms with E-state index in [1.165, 1.54) is 0 Å². The largest absolute Gasteiger partial charge is 0.489 e. The minimum Gasteiger partial charge on any atom is -0.489 e. The first-order chi connectivity index (χ1) is 13.1. The summed E-state index contributed by atoms with van der Waals surface area (Å²) >= 11 is 7.95. The van der Waals surface area contributed by atoms with Crippen LogP contribution in [0.4, 0.5) is 5.69 Å². The number of nitrogens with one attached hydrogen (secondary N) is 1. The zero-order chi connectivity index (χ0) is 19.2. The Morgan fingerprint density at radius 2 is 2.04 bits per heavy atom. The van der Waals surface area contributed by atoms with E-state index in [2.05, 4.69) is 5.32 Å². The van der Waals surface area contributed by atoms with Gasteiger partial charge in [-0.25, -0.2) is 0 Å². The van der Waals surface area contributed by atoms with Crippen LogP contribution in [-0.2, 0) is 11.3 Å². The highest BCUT2D eigenvalue weighted by Gasteiger charge is 2.17. The van der Waals surface area contributed by atoms with Crippen LogP contribution in [0.5, 0.6) is 11.5 Å². The average molecular weight is 407 g/mol. The number of ether oxygens (including phenoxy) is 2. The molecule has 1 amide bonds. The van der Waals surface area contributed by atoms with Crippen LogP contribution >= 0.6 is 23.4 Å². The molecule has 144 valence electrons. The summed E-state index contributed by atoms with van der Waals surface area (Å²) in [7, 11) is 1.90. The Morgan fingerprint density at radius 1 is 1.26 bits per heavy atom. The van der Waals surface area contributed by atoms with Crippen LogP contribution in [0.25, 0.3) is 0 Å². The average Bonchev–Trinajstić information content (AvgIpc) is 2.87. The fraction of sp³-hybridized carbons (Fsp3) is 0.350. The molecule has 1 aliphatic heterocycles. The number of thioether (sulfide) groups is 1. The topological polar surface area (TPSA) is 50.8 Å². The molecular weight excluding hydrogens is 384 g/mol. The smallest absolute Gasteiger partial charge is 0.238 e. The Morgan fingerprint density at radius 3 is 2.85 bits per heavy atom. The number of carbonyl (C=O) groups excluding carboxylic acids is 1. The Labute approximate surface area is 169 Å². The van der Waals surface area contributed by atoms with Crippen molar-refractivity contribution in [1.29, 1.82) is 0 Å². The minimum atomic E-state index is -0.0561. The van der Waals surface area contributed by atoms with Gasteiger partial charge in [0.25, 0.3) is 0 Å². The summed E-state index contributed by atoms with van der Waals surface area (Å²) in [6.07, 6.45) is 2.82. The van der Waals surface area contributed by atoms with E-state index < -0.39 is 0 Å². The molecule has 5 nitrogen and oxygen atoms in total. The number of rotatable bonds is 6. The van der Waals surface area contributed by atoms with E-state index in [1.807, 2.05) is 54.6 Å². The number of hydrogen-bond acceptors (Lipinski definition) is 5. The number of benzene rings is 2. The van der Waals surface area contributed by atoms with Gasteiger partial charge in [0.15, 0.2) is 11.5 Å². The lowest BCUT2D eigenvalue weighted by atomic mass is 10.2. The Hall–Kier alpha value is -1.89. The van der Waals surface area contributed by atoms with Gasteiger partial charge in [-0.3, -0.25) is 9.69 Å². The van der Waals surface area contributed by atoms with Crippen molar-refractivity contribution in [1.82, 2.24) is 4.90 Å². The standard InChI is InChI=1S/C20H23ClN2O3S/c1-23(13-19(24)22-16-6-3-4-7-18(16)27-2)12-14-10-15(21)20-17(11-14)25-8-5-9-26-20/h3-4,6-7,10-11H,5,8-9,12-13H2,1-2H3,(H,22,24). The molecule has 1 N–H and O–H groups in total. The monoisotopic (exact) mass is 406 g/mol. The molecule has 2 aromatic rings. The van der Waals surface area contributed by atoms with Gasteiger partial charge < -0.3 is 14.8 Å². The van der Waals surface area contributed by atoms with Crippen molar-refractivity contribution in [2.45, 2.75) is 17.9 Å². The normalized spacial score (nSPS) is 13.3. The van der Waals surface area contributed by atoms with Crippen LogP contribution < -0.4 is 14.8 Å². The molecule has 0 radical (unpaired) electrons. The molecule has 0 bridgehead atoms. The van der Waals surface area contributed by atoms with Crippen molar-refractivity contribution in [3.63, 3.8) is 0 Å². The molecule has 1 heterocycles. The van der Waals surface area contributed by atoms with Gasteiger partial charge in [0, 0.05) is 17.9 Å². The molecule has 0 fully saturated rings. The predicted molar refractivity (Wildman–Crippen MR) is 110 cm³/mol. The Kier molecular flexibility index (Phi) is 6.88. The van der Waals surface area contributed by atoms with E-state index in [1.54, 1.807) is 11.8 Å². The van der Waals surface area contributed by atoms with Gasteiger partial charge in [-0.1, -0.05) is 23.7 Å². The number of para-hydroxylation sites is 1. The molecule has 2 aromatic carbocycles. The molecule has 0 saturated heterocycles. The lowest BCUT2D eigenvalue weighted by molar-refractivity contribution is -0.117. The minimum absolute atomic E-state index is 0.0561. The lowest BCUT2D eigenvalue weighted by Crippen LogP contribution is -2.30. The van der Waals surface area contributed by atoms with Crippen LogP contribution in [0, 0.1) is 0 Å².